The van der Waals surface area contributed by atoms with Crippen LogP contribution in [0.15, 0.2) is 65.6 Å². The second-order valence-corrected chi connectivity index (χ2v) is 9.21. The molecule has 3 rings (SSSR count). The van der Waals surface area contributed by atoms with Crippen molar-refractivity contribution in [1.82, 2.24) is 0 Å². The summed E-state index contributed by atoms with van der Waals surface area (Å²) in [7, 11) is -1.40. The Morgan fingerprint density at radius 3 is 2.45 bits per heavy atom. The number of methoxy groups -OCH3 is 2. The normalized spacial score (nSPS) is 11.1. The molecule has 1 amide bonds. The molecule has 0 spiro atoms. The van der Waals surface area contributed by atoms with E-state index >= 15 is 0 Å². The Bertz CT molecular complexity index is 1280. The van der Waals surface area contributed by atoms with Crippen LogP contribution in [-0.4, -0.2) is 35.1 Å². The van der Waals surface area contributed by atoms with Crippen molar-refractivity contribution in [3.63, 3.8) is 0 Å². The summed E-state index contributed by atoms with van der Waals surface area (Å²) in [5, 5.41) is 2.60. The summed E-state index contributed by atoms with van der Waals surface area (Å²) in [6, 6.07) is 15.1. The molecule has 0 aliphatic rings. The number of ether oxygens (including phenoxy) is 2. The monoisotopic (exact) mass is 472 g/mol. The number of halogens is 1. The Balaban J connectivity index is 2.06. The molecule has 9 heteroatoms. The number of nitrogens with one attached hydrogen (secondary N) is 1. The number of sulfonamides is 1. The van der Waals surface area contributed by atoms with Gasteiger partial charge in [0.2, 0.25) is 5.91 Å². The maximum Gasteiger partial charge on any atom is 0.268 e. The molecule has 7 nitrogen and oxygen atoms in total. The van der Waals surface area contributed by atoms with Crippen LogP contribution in [0.25, 0.3) is 0 Å². The van der Waals surface area contributed by atoms with Crippen LogP contribution in [0.1, 0.15) is 11.1 Å². The molecule has 33 heavy (non-hydrogen) atoms. The number of rotatable bonds is 8. The lowest BCUT2D eigenvalue weighted by Crippen LogP contribution is -2.38. The second-order valence-electron chi connectivity index (χ2n) is 7.37. The number of anilines is 2. The first-order valence-electron chi connectivity index (χ1n) is 10.0. The van der Waals surface area contributed by atoms with E-state index in [4.69, 9.17) is 9.47 Å². The van der Waals surface area contributed by atoms with Crippen molar-refractivity contribution in [1.29, 1.82) is 0 Å². The average Bonchev–Trinajstić information content (AvgIpc) is 2.79. The van der Waals surface area contributed by atoms with Crippen LogP contribution < -0.4 is 19.1 Å². The molecule has 0 atom stereocenters. The molecule has 0 saturated carbocycles. The lowest BCUT2D eigenvalue weighted by Gasteiger charge is -2.25. The van der Waals surface area contributed by atoms with Crippen molar-refractivity contribution in [2.24, 2.45) is 0 Å². The van der Waals surface area contributed by atoms with E-state index < -0.39 is 28.3 Å². The lowest BCUT2D eigenvalue weighted by molar-refractivity contribution is -0.114. The predicted molar refractivity (Wildman–Crippen MR) is 125 cm³/mol. The van der Waals surface area contributed by atoms with Gasteiger partial charge >= 0.3 is 0 Å². The second kappa shape index (κ2) is 9.91. The fourth-order valence-electron chi connectivity index (χ4n) is 3.23. The first kappa shape index (κ1) is 24.1. The van der Waals surface area contributed by atoms with E-state index in [9.17, 15) is 17.6 Å². The number of amides is 1. The van der Waals surface area contributed by atoms with Crippen molar-refractivity contribution in [3.05, 3.63) is 77.6 Å². The average molecular weight is 473 g/mol. The number of aryl methyl sites for hydroxylation is 2. The van der Waals surface area contributed by atoms with Gasteiger partial charge in [-0.15, -0.1) is 0 Å². The number of hydrogen-bond donors (Lipinski definition) is 1. The molecule has 0 heterocycles. The first-order chi connectivity index (χ1) is 15.6. The molecule has 174 valence electrons. The molecular formula is C24H25FN2O5S. The molecule has 0 fully saturated rings. The molecule has 0 aliphatic heterocycles. The Labute approximate surface area is 192 Å². The number of carbonyl (C=O) groups is 1. The molecule has 0 bridgehead atoms. The zero-order valence-corrected chi connectivity index (χ0v) is 19.6. The van der Waals surface area contributed by atoms with Crippen LogP contribution in [0.3, 0.4) is 0 Å². The number of nitrogens with zero attached hydrogens (tertiary/aromatic N) is 1. The zero-order chi connectivity index (χ0) is 24.2. The van der Waals surface area contributed by atoms with Crippen LogP contribution in [0.5, 0.6) is 11.5 Å². The SMILES string of the molecule is COc1cccc(N(CC(=O)Nc2cc(F)ccc2C)S(=O)(=O)c2cc(C)ccc2OC)c1. The van der Waals surface area contributed by atoms with Crippen LogP contribution in [0.2, 0.25) is 0 Å². The van der Waals surface area contributed by atoms with Gasteiger partial charge < -0.3 is 14.8 Å². The lowest BCUT2D eigenvalue weighted by atomic mass is 10.2. The molecule has 0 aliphatic carbocycles. The van der Waals surface area contributed by atoms with E-state index in [1.165, 1.54) is 44.6 Å². The van der Waals surface area contributed by atoms with E-state index in [0.29, 0.717) is 16.9 Å². The van der Waals surface area contributed by atoms with Crippen LogP contribution in [0, 0.1) is 19.7 Å². The Morgan fingerprint density at radius 1 is 1.00 bits per heavy atom. The summed E-state index contributed by atoms with van der Waals surface area (Å²) in [6.07, 6.45) is 0. The third kappa shape index (κ3) is 5.43. The quantitative estimate of drug-likeness (QED) is 0.529. The van der Waals surface area contributed by atoms with Crippen LogP contribution in [0.4, 0.5) is 15.8 Å². The summed E-state index contributed by atoms with van der Waals surface area (Å²) >= 11 is 0. The smallest absolute Gasteiger partial charge is 0.268 e. The summed E-state index contributed by atoms with van der Waals surface area (Å²) in [5.41, 5.74) is 1.83. The summed E-state index contributed by atoms with van der Waals surface area (Å²) in [6.45, 7) is 2.92. The molecular weight excluding hydrogens is 447 g/mol. The minimum absolute atomic E-state index is 0.0810. The van der Waals surface area contributed by atoms with Gasteiger partial charge in [-0.1, -0.05) is 18.2 Å². The van der Waals surface area contributed by atoms with E-state index in [1.54, 1.807) is 44.2 Å². The third-order valence-corrected chi connectivity index (χ3v) is 6.78. The third-order valence-electron chi connectivity index (χ3n) is 4.99. The van der Waals surface area contributed by atoms with E-state index in [-0.39, 0.29) is 22.0 Å². The minimum atomic E-state index is -4.23. The number of hydrogen-bond acceptors (Lipinski definition) is 5. The standard InChI is InChI=1S/C24H25FN2O5S/c1-16-8-11-22(32-4)23(12-16)33(29,30)27(19-6-5-7-20(14-19)31-3)15-24(28)26-21-13-18(25)10-9-17(21)2/h5-14H,15H2,1-4H3,(H,26,28). The predicted octanol–water partition coefficient (Wildman–Crippen LogP) is 4.29. The highest BCUT2D eigenvalue weighted by atomic mass is 32.2. The van der Waals surface area contributed by atoms with Gasteiger partial charge in [0.1, 0.15) is 28.8 Å². The highest BCUT2D eigenvalue weighted by Crippen LogP contribution is 2.32. The van der Waals surface area contributed by atoms with Gasteiger partial charge in [0.05, 0.1) is 19.9 Å². The van der Waals surface area contributed by atoms with Crippen LogP contribution >= 0.6 is 0 Å². The zero-order valence-electron chi connectivity index (χ0n) is 18.8. The molecule has 3 aromatic carbocycles. The number of benzene rings is 3. The van der Waals surface area contributed by atoms with Crippen LogP contribution in [-0.2, 0) is 14.8 Å². The van der Waals surface area contributed by atoms with Gasteiger partial charge in [0.25, 0.3) is 10.0 Å². The Kier molecular flexibility index (Phi) is 7.23. The molecule has 0 aromatic heterocycles. The van der Waals surface area contributed by atoms with E-state index in [2.05, 4.69) is 5.32 Å². The maximum atomic E-state index is 13.7. The fourth-order valence-corrected chi connectivity index (χ4v) is 4.89. The van der Waals surface area contributed by atoms with Crippen molar-refractivity contribution in [2.45, 2.75) is 18.7 Å². The fraction of sp³-hybridized carbons (Fsp3) is 0.208. The van der Waals surface area contributed by atoms with Gasteiger partial charge in [-0.2, -0.15) is 0 Å². The van der Waals surface area contributed by atoms with Gasteiger partial charge in [0, 0.05) is 11.8 Å². The Hall–Kier alpha value is -3.59. The maximum absolute atomic E-state index is 13.7. The summed E-state index contributed by atoms with van der Waals surface area (Å²) < 4.78 is 52.6. The topological polar surface area (TPSA) is 84.9 Å². The Morgan fingerprint density at radius 2 is 1.76 bits per heavy atom. The molecule has 0 unspecified atom stereocenters. The largest absolute Gasteiger partial charge is 0.497 e. The molecule has 0 saturated heterocycles. The molecule has 0 radical (unpaired) electrons. The van der Waals surface area contributed by atoms with Crippen molar-refractivity contribution in [3.8, 4) is 11.5 Å². The van der Waals surface area contributed by atoms with Gasteiger partial charge in [-0.05, 0) is 61.4 Å². The number of carbonyl (C=O) groups excluding carboxylic acids is 1. The minimum Gasteiger partial charge on any atom is -0.497 e. The van der Waals surface area contributed by atoms with Gasteiger partial charge in [-0.3, -0.25) is 9.10 Å². The van der Waals surface area contributed by atoms with Crippen molar-refractivity contribution < 1.29 is 27.1 Å². The van der Waals surface area contributed by atoms with Gasteiger partial charge in [-0.25, -0.2) is 12.8 Å². The highest BCUT2D eigenvalue weighted by Gasteiger charge is 2.30. The van der Waals surface area contributed by atoms with E-state index in [0.717, 1.165) is 4.31 Å². The summed E-state index contributed by atoms with van der Waals surface area (Å²) in [4.78, 5) is 12.8. The first-order valence-corrected chi connectivity index (χ1v) is 11.5. The van der Waals surface area contributed by atoms with Gasteiger partial charge in [0.15, 0.2) is 0 Å². The molecule has 3 aromatic rings. The molecule has 1 N–H and O–H groups in total. The summed E-state index contributed by atoms with van der Waals surface area (Å²) in [5.74, 6) is -0.584. The van der Waals surface area contributed by atoms with E-state index in [1.807, 2.05) is 0 Å². The van der Waals surface area contributed by atoms with Crippen molar-refractivity contribution in [2.75, 3.05) is 30.4 Å². The van der Waals surface area contributed by atoms with Crippen molar-refractivity contribution >= 4 is 27.3 Å². The highest BCUT2D eigenvalue weighted by molar-refractivity contribution is 7.93.